The predicted molar refractivity (Wildman–Crippen MR) is 127 cm³/mol. The van der Waals surface area contributed by atoms with Crippen LogP contribution in [0.25, 0.3) is 0 Å². The molecule has 32 heavy (non-hydrogen) atoms. The number of piperidine rings is 1. The molecule has 0 radical (unpaired) electrons. The van der Waals surface area contributed by atoms with Gasteiger partial charge in [-0.15, -0.1) is 11.8 Å². The zero-order valence-corrected chi connectivity index (χ0v) is 20.1. The summed E-state index contributed by atoms with van der Waals surface area (Å²) in [6, 6.07) is 9.39. The van der Waals surface area contributed by atoms with E-state index >= 15 is 0 Å². The van der Waals surface area contributed by atoms with Crippen LogP contribution in [0.1, 0.15) is 25.3 Å². The highest BCUT2D eigenvalue weighted by atomic mass is 35.5. The highest BCUT2D eigenvalue weighted by molar-refractivity contribution is 8.01. The lowest BCUT2D eigenvalue weighted by Crippen LogP contribution is -2.47. The van der Waals surface area contributed by atoms with Crippen molar-refractivity contribution in [2.75, 3.05) is 23.1 Å². The maximum atomic E-state index is 12.9. The van der Waals surface area contributed by atoms with E-state index < -0.39 is 21.2 Å². The Morgan fingerprint density at radius 3 is 2.59 bits per heavy atom. The number of benzene rings is 2. The number of hydrogen-bond donors (Lipinski definition) is 2. The Kier molecular flexibility index (Phi) is 6.42. The first-order valence-corrected chi connectivity index (χ1v) is 13.1. The van der Waals surface area contributed by atoms with E-state index in [4.69, 9.17) is 11.6 Å². The molecular formula is C22H24ClN3O4S2. The van der Waals surface area contributed by atoms with E-state index in [1.54, 1.807) is 29.2 Å². The summed E-state index contributed by atoms with van der Waals surface area (Å²) in [6.45, 7) is 5.30. The van der Waals surface area contributed by atoms with Crippen LogP contribution in [0.5, 0.6) is 0 Å². The van der Waals surface area contributed by atoms with E-state index in [0.29, 0.717) is 40.3 Å². The van der Waals surface area contributed by atoms with E-state index in [1.165, 1.54) is 12.1 Å². The summed E-state index contributed by atoms with van der Waals surface area (Å²) >= 11 is 7.24. The van der Waals surface area contributed by atoms with Crippen LogP contribution >= 0.6 is 23.4 Å². The number of nitrogens with zero attached hydrogens (tertiary/aromatic N) is 1. The van der Waals surface area contributed by atoms with Gasteiger partial charge in [0.2, 0.25) is 11.8 Å². The summed E-state index contributed by atoms with van der Waals surface area (Å²) in [4.78, 5) is 28.0. The average molecular weight is 494 g/mol. The number of likely N-dealkylation sites (tertiary alicyclic amines) is 1. The second-order valence-corrected chi connectivity index (χ2v) is 11.5. The largest absolute Gasteiger partial charge is 0.341 e. The highest BCUT2D eigenvalue weighted by Gasteiger charge is 2.37. The van der Waals surface area contributed by atoms with Crippen LogP contribution in [0.4, 0.5) is 11.4 Å². The Bertz CT molecular complexity index is 1180. The molecule has 1 saturated heterocycles. The number of hydrogen-bond acceptors (Lipinski definition) is 5. The van der Waals surface area contributed by atoms with Crippen molar-refractivity contribution < 1.29 is 18.0 Å². The highest BCUT2D eigenvalue weighted by Crippen LogP contribution is 2.38. The van der Waals surface area contributed by atoms with Crippen LogP contribution in [0.3, 0.4) is 0 Å². The van der Waals surface area contributed by atoms with Crippen LogP contribution in [0.15, 0.2) is 46.2 Å². The van der Waals surface area contributed by atoms with Crippen LogP contribution in [-0.4, -0.2) is 43.5 Å². The van der Waals surface area contributed by atoms with Crippen LogP contribution in [0.2, 0.25) is 5.02 Å². The van der Waals surface area contributed by atoms with Crippen molar-refractivity contribution in [2.45, 2.75) is 41.7 Å². The molecule has 0 unspecified atom stereocenters. The van der Waals surface area contributed by atoms with Crippen molar-refractivity contribution in [1.82, 2.24) is 4.90 Å². The van der Waals surface area contributed by atoms with E-state index in [2.05, 4.69) is 17.0 Å². The molecule has 0 spiro atoms. The third kappa shape index (κ3) is 4.74. The number of nitrogens with one attached hydrogen (secondary N) is 2. The number of fused-ring (bicyclic) bond motifs is 1. The van der Waals surface area contributed by atoms with E-state index in [9.17, 15) is 18.0 Å². The van der Waals surface area contributed by atoms with Gasteiger partial charge in [-0.25, -0.2) is 8.42 Å². The maximum Gasteiger partial charge on any atom is 0.261 e. The molecule has 2 aliphatic heterocycles. The normalized spacial score (nSPS) is 19.3. The molecule has 170 valence electrons. The molecule has 0 aromatic heterocycles. The van der Waals surface area contributed by atoms with Gasteiger partial charge in [0.1, 0.15) is 0 Å². The van der Waals surface area contributed by atoms with Crippen molar-refractivity contribution in [3.05, 3.63) is 47.0 Å². The topological polar surface area (TPSA) is 95.6 Å². The first-order chi connectivity index (χ1) is 15.1. The number of carbonyl (C=O) groups is 2. The monoisotopic (exact) mass is 493 g/mol. The van der Waals surface area contributed by atoms with Gasteiger partial charge in [-0.1, -0.05) is 24.6 Å². The lowest BCUT2D eigenvalue weighted by atomic mass is 9.99. The van der Waals surface area contributed by atoms with Gasteiger partial charge >= 0.3 is 0 Å². The first-order valence-electron chi connectivity index (χ1n) is 10.3. The minimum atomic E-state index is -3.89. The maximum absolute atomic E-state index is 12.9. The molecule has 2 aromatic rings. The summed E-state index contributed by atoms with van der Waals surface area (Å²) in [5, 5.41) is 2.30. The Morgan fingerprint density at radius 2 is 1.91 bits per heavy atom. The minimum Gasteiger partial charge on any atom is -0.341 e. The van der Waals surface area contributed by atoms with Gasteiger partial charge in [0.05, 0.1) is 16.3 Å². The molecule has 0 saturated carbocycles. The molecule has 1 fully saturated rings. The van der Waals surface area contributed by atoms with Gasteiger partial charge in [-0.05, 0) is 61.6 Å². The van der Waals surface area contributed by atoms with Gasteiger partial charge < -0.3 is 10.2 Å². The molecule has 0 bridgehead atoms. The number of thioether (sulfide) groups is 1. The zero-order chi connectivity index (χ0) is 23.0. The fraction of sp³-hybridized carbons (Fsp3) is 0.364. The number of rotatable bonds is 4. The summed E-state index contributed by atoms with van der Waals surface area (Å²) in [5.41, 5.74) is 1.56. The zero-order valence-electron chi connectivity index (χ0n) is 17.7. The lowest BCUT2D eigenvalue weighted by molar-refractivity contribution is -0.135. The van der Waals surface area contributed by atoms with Gasteiger partial charge in [0.25, 0.3) is 10.0 Å². The first kappa shape index (κ1) is 22.9. The molecule has 2 amide bonds. The lowest BCUT2D eigenvalue weighted by Gasteiger charge is -2.33. The molecule has 0 aliphatic carbocycles. The van der Waals surface area contributed by atoms with E-state index in [0.717, 1.165) is 30.2 Å². The van der Waals surface area contributed by atoms with Gasteiger partial charge in [0.15, 0.2) is 5.25 Å². The SMILES string of the molecule is Cc1ccc(NS(=O)(=O)c2ccc3c(c2)NC(=O)[C@H](C(=O)N2CCC(C)CC2)S3)cc1Cl. The van der Waals surface area contributed by atoms with Crippen molar-refractivity contribution in [3.8, 4) is 0 Å². The number of anilines is 2. The van der Waals surface area contributed by atoms with E-state index in [-0.39, 0.29) is 10.8 Å². The second kappa shape index (κ2) is 8.96. The Morgan fingerprint density at radius 1 is 1.19 bits per heavy atom. The van der Waals surface area contributed by atoms with E-state index in [1.807, 2.05) is 6.92 Å². The number of aryl methyl sites for hydroxylation is 1. The molecule has 2 aliphatic rings. The van der Waals surface area contributed by atoms with Crippen molar-refractivity contribution in [1.29, 1.82) is 0 Å². The number of amides is 2. The summed E-state index contributed by atoms with van der Waals surface area (Å²) in [6.07, 6.45) is 1.86. The standard InChI is InChI=1S/C22H24ClN3O4S2/c1-13-7-9-26(10-8-13)22(28)20-21(27)24-18-12-16(5-6-19(18)31-20)32(29,30)25-15-4-3-14(2)17(23)11-15/h3-6,11-13,20,25H,7-10H2,1-2H3,(H,24,27)/t20-/m1/s1. The molecule has 2 N–H and O–H groups in total. The van der Waals surface area contributed by atoms with Crippen LogP contribution in [0, 0.1) is 12.8 Å². The summed E-state index contributed by atoms with van der Waals surface area (Å²) in [7, 11) is -3.89. The summed E-state index contributed by atoms with van der Waals surface area (Å²) in [5.74, 6) is -0.0452. The third-order valence-electron chi connectivity index (χ3n) is 5.75. The molecule has 1 atom stereocenters. The number of halogens is 1. The predicted octanol–water partition coefficient (Wildman–Crippen LogP) is 4.12. The Balaban J connectivity index is 1.52. The minimum absolute atomic E-state index is 0.00337. The Hall–Kier alpha value is -2.23. The van der Waals surface area contributed by atoms with Crippen LogP contribution < -0.4 is 10.0 Å². The fourth-order valence-corrected chi connectivity index (χ4v) is 5.99. The molecule has 4 rings (SSSR count). The number of sulfonamides is 1. The molecule has 2 heterocycles. The molecule has 10 heteroatoms. The van der Waals surface area contributed by atoms with Crippen LogP contribution in [-0.2, 0) is 19.6 Å². The summed E-state index contributed by atoms with van der Waals surface area (Å²) < 4.78 is 28.2. The van der Waals surface area contributed by atoms with Crippen molar-refractivity contribution >= 4 is 56.6 Å². The number of carbonyl (C=O) groups excluding carboxylic acids is 2. The third-order valence-corrected chi connectivity index (χ3v) is 8.79. The molecule has 2 aromatic carbocycles. The molecule has 7 nitrogen and oxygen atoms in total. The fourth-order valence-electron chi connectivity index (χ4n) is 3.68. The van der Waals surface area contributed by atoms with Gasteiger partial charge in [0, 0.05) is 23.0 Å². The van der Waals surface area contributed by atoms with Gasteiger partial charge in [-0.3, -0.25) is 14.3 Å². The average Bonchev–Trinajstić information content (AvgIpc) is 2.75. The quantitative estimate of drug-likeness (QED) is 0.624. The smallest absolute Gasteiger partial charge is 0.261 e. The second-order valence-electron chi connectivity index (χ2n) is 8.22. The van der Waals surface area contributed by atoms with Gasteiger partial charge in [-0.2, -0.15) is 0 Å². The van der Waals surface area contributed by atoms with Crippen molar-refractivity contribution in [3.63, 3.8) is 0 Å². The molecular weight excluding hydrogens is 470 g/mol. The Labute approximate surface area is 196 Å². The van der Waals surface area contributed by atoms with Crippen molar-refractivity contribution in [2.24, 2.45) is 5.92 Å².